The number of nitrogens with zero attached hydrogens (tertiary/aromatic N) is 4. The summed E-state index contributed by atoms with van der Waals surface area (Å²) in [6, 6.07) is 18.7. The molecule has 1 aliphatic rings. The molecule has 0 spiro atoms. The van der Waals surface area contributed by atoms with E-state index in [-0.39, 0.29) is 5.82 Å². The van der Waals surface area contributed by atoms with Crippen molar-refractivity contribution in [1.82, 2.24) is 14.9 Å². The van der Waals surface area contributed by atoms with Crippen LogP contribution in [-0.4, -0.2) is 41.0 Å². The molecular formula is C21H22FN5. The summed E-state index contributed by atoms with van der Waals surface area (Å²) in [5.41, 5.74) is 2.01. The van der Waals surface area contributed by atoms with Crippen LogP contribution < -0.4 is 10.2 Å². The van der Waals surface area contributed by atoms with Crippen LogP contribution in [0.15, 0.2) is 66.9 Å². The van der Waals surface area contributed by atoms with Gasteiger partial charge in [0.1, 0.15) is 11.6 Å². The molecule has 1 aromatic heterocycles. The van der Waals surface area contributed by atoms with Crippen molar-refractivity contribution in [2.75, 3.05) is 36.4 Å². The standard InChI is InChI=1S/C21H22FN5/c22-18-7-4-8-19(15-18)24-20-9-10-23-21(25-20)27-13-11-26(12-14-27)16-17-5-2-1-3-6-17/h1-10,15H,11-14,16H2,(H,23,24,25). The molecule has 0 unspecified atom stereocenters. The summed E-state index contributed by atoms with van der Waals surface area (Å²) in [6.07, 6.45) is 1.74. The van der Waals surface area contributed by atoms with Gasteiger partial charge in [-0.05, 0) is 29.8 Å². The number of piperazine rings is 1. The van der Waals surface area contributed by atoms with Crippen LogP contribution in [-0.2, 0) is 6.54 Å². The monoisotopic (exact) mass is 363 g/mol. The highest BCUT2D eigenvalue weighted by atomic mass is 19.1. The third kappa shape index (κ3) is 4.60. The normalized spacial score (nSPS) is 14.9. The molecule has 1 aliphatic heterocycles. The molecule has 27 heavy (non-hydrogen) atoms. The van der Waals surface area contributed by atoms with E-state index in [1.165, 1.54) is 17.7 Å². The maximum Gasteiger partial charge on any atom is 0.227 e. The molecule has 5 nitrogen and oxygen atoms in total. The second-order valence-corrected chi connectivity index (χ2v) is 6.63. The van der Waals surface area contributed by atoms with E-state index in [9.17, 15) is 4.39 Å². The largest absolute Gasteiger partial charge is 0.340 e. The molecule has 1 N–H and O–H groups in total. The van der Waals surface area contributed by atoms with Crippen molar-refractivity contribution >= 4 is 17.5 Å². The van der Waals surface area contributed by atoms with E-state index in [0.29, 0.717) is 17.5 Å². The highest BCUT2D eigenvalue weighted by Crippen LogP contribution is 2.19. The van der Waals surface area contributed by atoms with Crippen molar-refractivity contribution in [3.8, 4) is 0 Å². The second kappa shape index (κ2) is 8.14. The zero-order valence-electron chi connectivity index (χ0n) is 15.1. The SMILES string of the molecule is Fc1cccc(Nc2ccnc(N3CCN(Cc4ccccc4)CC3)n2)c1. The lowest BCUT2D eigenvalue weighted by Gasteiger charge is -2.34. The van der Waals surface area contributed by atoms with Crippen molar-refractivity contribution in [3.63, 3.8) is 0 Å². The highest BCUT2D eigenvalue weighted by Gasteiger charge is 2.19. The molecule has 4 rings (SSSR count). The molecule has 6 heteroatoms. The van der Waals surface area contributed by atoms with E-state index in [1.807, 2.05) is 12.1 Å². The van der Waals surface area contributed by atoms with Gasteiger partial charge in [0.15, 0.2) is 0 Å². The van der Waals surface area contributed by atoms with Gasteiger partial charge in [-0.1, -0.05) is 36.4 Å². The Labute approximate surface area is 158 Å². The van der Waals surface area contributed by atoms with E-state index >= 15 is 0 Å². The van der Waals surface area contributed by atoms with Gasteiger partial charge in [-0.2, -0.15) is 4.98 Å². The first-order valence-electron chi connectivity index (χ1n) is 9.13. The summed E-state index contributed by atoms with van der Waals surface area (Å²) in [4.78, 5) is 13.6. The zero-order chi connectivity index (χ0) is 18.5. The smallest absolute Gasteiger partial charge is 0.227 e. The molecule has 0 saturated carbocycles. The van der Waals surface area contributed by atoms with Gasteiger partial charge in [-0.25, -0.2) is 9.37 Å². The molecule has 0 amide bonds. The molecule has 0 bridgehead atoms. The summed E-state index contributed by atoms with van der Waals surface area (Å²) in [5, 5.41) is 3.14. The van der Waals surface area contributed by atoms with Gasteiger partial charge < -0.3 is 10.2 Å². The Morgan fingerprint density at radius 1 is 0.926 bits per heavy atom. The highest BCUT2D eigenvalue weighted by molar-refractivity contribution is 5.57. The summed E-state index contributed by atoms with van der Waals surface area (Å²) in [5.74, 6) is 1.09. The fourth-order valence-electron chi connectivity index (χ4n) is 3.23. The Bertz CT molecular complexity index is 879. The minimum atomic E-state index is -0.274. The number of rotatable bonds is 5. The van der Waals surface area contributed by atoms with Crippen LogP contribution in [0.25, 0.3) is 0 Å². The Morgan fingerprint density at radius 3 is 2.52 bits per heavy atom. The molecular weight excluding hydrogens is 341 g/mol. The first-order valence-corrected chi connectivity index (χ1v) is 9.13. The first-order chi connectivity index (χ1) is 13.3. The fourth-order valence-corrected chi connectivity index (χ4v) is 3.23. The summed E-state index contributed by atoms with van der Waals surface area (Å²) >= 11 is 0. The summed E-state index contributed by atoms with van der Waals surface area (Å²) in [7, 11) is 0. The molecule has 138 valence electrons. The van der Waals surface area contributed by atoms with Gasteiger partial charge >= 0.3 is 0 Å². The predicted molar refractivity (Wildman–Crippen MR) is 106 cm³/mol. The zero-order valence-corrected chi connectivity index (χ0v) is 15.1. The average molecular weight is 363 g/mol. The predicted octanol–water partition coefficient (Wildman–Crippen LogP) is 3.68. The molecule has 0 radical (unpaired) electrons. The molecule has 2 aromatic carbocycles. The maximum atomic E-state index is 13.3. The van der Waals surface area contributed by atoms with Crippen molar-refractivity contribution in [1.29, 1.82) is 0 Å². The van der Waals surface area contributed by atoms with Crippen molar-refractivity contribution in [2.45, 2.75) is 6.54 Å². The Morgan fingerprint density at radius 2 is 1.74 bits per heavy atom. The van der Waals surface area contributed by atoms with E-state index in [0.717, 1.165) is 32.7 Å². The lowest BCUT2D eigenvalue weighted by atomic mass is 10.2. The van der Waals surface area contributed by atoms with Crippen molar-refractivity contribution in [3.05, 3.63) is 78.2 Å². The quantitative estimate of drug-likeness (QED) is 0.749. The van der Waals surface area contributed by atoms with Crippen LogP contribution >= 0.6 is 0 Å². The summed E-state index contributed by atoms with van der Waals surface area (Å²) in [6.45, 7) is 4.68. The van der Waals surface area contributed by atoms with Gasteiger partial charge in [0, 0.05) is 44.6 Å². The van der Waals surface area contributed by atoms with Crippen LogP contribution in [0, 0.1) is 5.82 Å². The maximum absolute atomic E-state index is 13.3. The number of hydrogen-bond acceptors (Lipinski definition) is 5. The number of benzene rings is 2. The number of anilines is 3. The average Bonchev–Trinajstić information content (AvgIpc) is 2.70. The van der Waals surface area contributed by atoms with Crippen LogP contribution in [0.2, 0.25) is 0 Å². The second-order valence-electron chi connectivity index (χ2n) is 6.63. The lowest BCUT2D eigenvalue weighted by Crippen LogP contribution is -2.46. The van der Waals surface area contributed by atoms with Gasteiger partial charge in [-0.15, -0.1) is 0 Å². The van der Waals surface area contributed by atoms with Crippen molar-refractivity contribution < 1.29 is 4.39 Å². The van der Waals surface area contributed by atoms with Crippen LogP contribution in [0.1, 0.15) is 5.56 Å². The summed E-state index contributed by atoms with van der Waals surface area (Å²) < 4.78 is 13.3. The Kier molecular flexibility index (Phi) is 5.25. The first kappa shape index (κ1) is 17.4. The fraction of sp³-hybridized carbons (Fsp3) is 0.238. The number of aromatic nitrogens is 2. The molecule has 1 saturated heterocycles. The van der Waals surface area contributed by atoms with Crippen molar-refractivity contribution in [2.24, 2.45) is 0 Å². The molecule has 0 atom stereocenters. The number of nitrogens with one attached hydrogen (secondary N) is 1. The molecule has 3 aromatic rings. The Hall–Kier alpha value is -2.99. The number of hydrogen-bond donors (Lipinski definition) is 1. The van der Waals surface area contributed by atoms with E-state index in [1.54, 1.807) is 18.3 Å². The van der Waals surface area contributed by atoms with E-state index in [4.69, 9.17) is 0 Å². The lowest BCUT2D eigenvalue weighted by molar-refractivity contribution is 0.248. The van der Waals surface area contributed by atoms with E-state index in [2.05, 4.69) is 49.4 Å². The van der Waals surface area contributed by atoms with Crippen LogP contribution in [0.5, 0.6) is 0 Å². The molecule has 2 heterocycles. The third-order valence-corrected chi connectivity index (χ3v) is 4.64. The van der Waals surface area contributed by atoms with Gasteiger partial charge in [0.2, 0.25) is 5.95 Å². The Balaban J connectivity index is 1.37. The van der Waals surface area contributed by atoms with Gasteiger partial charge in [0.05, 0.1) is 0 Å². The third-order valence-electron chi connectivity index (χ3n) is 4.64. The minimum absolute atomic E-state index is 0.274. The topological polar surface area (TPSA) is 44.3 Å². The number of halogens is 1. The molecule has 0 aliphatic carbocycles. The van der Waals surface area contributed by atoms with Gasteiger partial charge in [-0.3, -0.25) is 4.90 Å². The van der Waals surface area contributed by atoms with Crippen LogP contribution in [0.4, 0.5) is 21.8 Å². The minimum Gasteiger partial charge on any atom is -0.340 e. The van der Waals surface area contributed by atoms with E-state index < -0.39 is 0 Å². The van der Waals surface area contributed by atoms with Gasteiger partial charge in [0.25, 0.3) is 0 Å². The molecule has 1 fully saturated rings. The van der Waals surface area contributed by atoms with Crippen LogP contribution in [0.3, 0.4) is 0 Å².